The summed E-state index contributed by atoms with van der Waals surface area (Å²) in [6.07, 6.45) is 5.67. The van der Waals surface area contributed by atoms with Crippen LogP contribution in [0.3, 0.4) is 0 Å². The van der Waals surface area contributed by atoms with Crippen molar-refractivity contribution < 1.29 is 19.5 Å². The minimum Gasteiger partial charge on any atom is -0.508 e. The summed E-state index contributed by atoms with van der Waals surface area (Å²) in [6, 6.07) is 5.87. The molecule has 0 spiro atoms. The number of primary amides is 1. The van der Waals surface area contributed by atoms with Gasteiger partial charge in [0, 0.05) is 13.0 Å². The molecule has 1 unspecified atom stereocenters. The Labute approximate surface area is 160 Å². The van der Waals surface area contributed by atoms with Crippen molar-refractivity contribution in [2.45, 2.75) is 64.3 Å². The Hall–Kier alpha value is -2.57. The maximum atomic E-state index is 12.0. The van der Waals surface area contributed by atoms with Crippen molar-refractivity contribution in [2.24, 2.45) is 5.73 Å². The standard InChI is InChI=1S/C20H31N3O4/c1-2-3-4-5-6-11-18(25)23-16(20(21)27)14-19(26)22-13-12-15-9-7-8-10-17(15)24/h7-10,16,24H,2-6,11-14H2,1H3,(H2,21,27)(H,22,26)(H,23,25). The molecule has 1 aromatic carbocycles. The lowest BCUT2D eigenvalue weighted by molar-refractivity contribution is -0.130. The van der Waals surface area contributed by atoms with Gasteiger partial charge in [-0.15, -0.1) is 0 Å². The molecule has 0 aromatic heterocycles. The molecular weight excluding hydrogens is 346 g/mol. The van der Waals surface area contributed by atoms with E-state index in [9.17, 15) is 19.5 Å². The highest BCUT2D eigenvalue weighted by molar-refractivity contribution is 5.91. The molecule has 5 N–H and O–H groups in total. The molecule has 0 radical (unpaired) electrons. The summed E-state index contributed by atoms with van der Waals surface area (Å²) in [5, 5.41) is 14.9. The molecule has 27 heavy (non-hydrogen) atoms. The zero-order valence-electron chi connectivity index (χ0n) is 16.0. The topological polar surface area (TPSA) is 122 Å². The number of hydrogen-bond donors (Lipinski definition) is 4. The molecule has 7 heteroatoms. The third-order valence-electron chi connectivity index (χ3n) is 4.28. The fourth-order valence-electron chi connectivity index (χ4n) is 2.69. The molecule has 0 bridgehead atoms. The van der Waals surface area contributed by atoms with Crippen LogP contribution in [0.1, 0.15) is 57.4 Å². The predicted molar refractivity (Wildman–Crippen MR) is 104 cm³/mol. The Morgan fingerprint density at radius 2 is 1.78 bits per heavy atom. The molecule has 0 fully saturated rings. The monoisotopic (exact) mass is 377 g/mol. The van der Waals surface area contributed by atoms with E-state index in [1.807, 2.05) is 0 Å². The molecule has 0 saturated carbocycles. The van der Waals surface area contributed by atoms with Gasteiger partial charge in [0.05, 0.1) is 6.42 Å². The van der Waals surface area contributed by atoms with Crippen molar-refractivity contribution in [1.29, 1.82) is 0 Å². The van der Waals surface area contributed by atoms with Gasteiger partial charge < -0.3 is 21.5 Å². The molecule has 1 rings (SSSR count). The fraction of sp³-hybridized carbons (Fsp3) is 0.550. The van der Waals surface area contributed by atoms with E-state index in [1.54, 1.807) is 24.3 Å². The molecule has 0 aliphatic heterocycles. The van der Waals surface area contributed by atoms with Crippen LogP contribution in [0, 0.1) is 0 Å². The second kappa shape index (κ2) is 12.7. The summed E-state index contributed by atoms with van der Waals surface area (Å²) in [6.45, 7) is 2.44. The van der Waals surface area contributed by atoms with Crippen LogP contribution >= 0.6 is 0 Å². The Kier molecular flexibility index (Phi) is 10.6. The van der Waals surface area contributed by atoms with Crippen LogP contribution in [0.5, 0.6) is 5.75 Å². The SMILES string of the molecule is CCCCCCCC(=O)NC(CC(=O)NCCc1ccccc1O)C(N)=O. The molecule has 1 aromatic rings. The first-order valence-corrected chi connectivity index (χ1v) is 9.56. The predicted octanol–water partition coefficient (Wildman–Crippen LogP) is 1.77. The van der Waals surface area contributed by atoms with Gasteiger partial charge in [0.25, 0.3) is 0 Å². The minimum absolute atomic E-state index is 0.174. The van der Waals surface area contributed by atoms with Gasteiger partial charge in [0.1, 0.15) is 11.8 Å². The van der Waals surface area contributed by atoms with Crippen molar-refractivity contribution in [3.8, 4) is 5.75 Å². The second-order valence-corrected chi connectivity index (χ2v) is 6.62. The summed E-state index contributed by atoms with van der Waals surface area (Å²) in [5.74, 6) is -1.20. The summed E-state index contributed by atoms with van der Waals surface area (Å²) in [5.41, 5.74) is 6.02. The molecule has 0 saturated heterocycles. The first-order chi connectivity index (χ1) is 12.9. The normalized spacial score (nSPS) is 11.6. The van der Waals surface area contributed by atoms with E-state index in [-0.39, 0.29) is 24.0 Å². The number of hydrogen-bond acceptors (Lipinski definition) is 4. The fourth-order valence-corrected chi connectivity index (χ4v) is 2.69. The van der Waals surface area contributed by atoms with E-state index in [2.05, 4.69) is 17.6 Å². The number of aromatic hydroxyl groups is 1. The lowest BCUT2D eigenvalue weighted by Gasteiger charge is -2.15. The van der Waals surface area contributed by atoms with Crippen molar-refractivity contribution in [2.75, 3.05) is 6.54 Å². The van der Waals surface area contributed by atoms with Gasteiger partial charge in [-0.05, 0) is 24.5 Å². The molecule has 0 aliphatic rings. The maximum absolute atomic E-state index is 12.0. The Morgan fingerprint density at radius 1 is 1.07 bits per heavy atom. The van der Waals surface area contributed by atoms with Crippen LogP contribution in [0.2, 0.25) is 0 Å². The van der Waals surface area contributed by atoms with Gasteiger partial charge in [0.15, 0.2) is 0 Å². The minimum atomic E-state index is -1.02. The van der Waals surface area contributed by atoms with E-state index in [1.165, 1.54) is 0 Å². The van der Waals surface area contributed by atoms with Crippen LogP contribution in [0.4, 0.5) is 0 Å². The Bertz CT molecular complexity index is 619. The third-order valence-corrected chi connectivity index (χ3v) is 4.28. The van der Waals surface area contributed by atoms with E-state index in [4.69, 9.17) is 5.73 Å². The van der Waals surface area contributed by atoms with Crippen LogP contribution < -0.4 is 16.4 Å². The van der Waals surface area contributed by atoms with Crippen LogP contribution in [0.15, 0.2) is 24.3 Å². The lowest BCUT2D eigenvalue weighted by Crippen LogP contribution is -2.47. The number of rotatable bonds is 13. The first kappa shape index (κ1) is 22.5. The van der Waals surface area contributed by atoms with Crippen LogP contribution in [-0.4, -0.2) is 35.4 Å². The van der Waals surface area contributed by atoms with E-state index >= 15 is 0 Å². The molecular formula is C20H31N3O4. The molecule has 0 heterocycles. The summed E-state index contributed by atoms with van der Waals surface area (Å²) < 4.78 is 0. The molecule has 3 amide bonds. The lowest BCUT2D eigenvalue weighted by atomic mass is 10.1. The van der Waals surface area contributed by atoms with Crippen LogP contribution in [0.25, 0.3) is 0 Å². The van der Waals surface area contributed by atoms with E-state index in [0.717, 1.165) is 37.7 Å². The average Bonchev–Trinajstić information content (AvgIpc) is 2.62. The molecule has 7 nitrogen and oxygen atoms in total. The number of para-hydroxylation sites is 1. The zero-order chi connectivity index (χ0) is 20.1. The summed E-state index contributed by atoms with van der Waals surface area (Å²) in [7, 11) is 0. The summed E-state index contributed by atoms with van der Waals surface area (Å²) >= 11 is 0. The molecule has 150 valence electrons. The Morgan fingerprint density at radius 3 is 2.44 bits per heavy atom. The van der Waals surface area contributed by atoms with Gasteiger partial charge >= 0.3 is 0 Å². The third kappa shape index (κ3) is 9.63. The largest absolute Gasteiger partial charge is 0.508 e. The number of nitrogens with two attached hydrogens (primary N) is 1. The van der Waals surface area contributed by atoms with Crippen molar-refractivity contribution in [3.63, 3.8) is 0 Å². The number of phenolic OH excluding ortho intramolecular Hbond substituents is 1. The van der Waals surface area contributed by atoms with E-state index in [0.29, 0.717) is 19.4 Å². The average molecular weight is 377 g/mol. The maximum Gasteiger partial charge on any atom is 0.240 e. The summed E-state index contributed by atoms with van der Waals surface area (Å²) in [4.78, 5) is 35.5. The van der Waals surface area contributed by atoms with Gasteiger partial charge in [-0.1, -0.05) is 50.8 Å². The number of unbranched alkanes of at least 4 members (excludes halogenated alkanes) is 4. The Balaban J connectivity index is 2.33. The van der Waals surface area contributed by atoms with E-state index < -0.39 is 11.9 Å². The number of nitrogens with one attached hydrogen (secondary N) is 2. The van der Waals surface area contributed by atoms with Gasteiger partial charge in [-0.2, -0.15) is 0 Å². The first-order valence-electron chi connectivity index (χ1n) is 9.56. The molecule has 0 aliphatic carbocycles. The second-order valence-electron chi connectivity index (χ2n) is 6.62. The number of phenols is 1. The van der Waals surface area contributed by atoms with Gasteiger partial charge in [-0.25, -0.2) is 0 Å². The highest BCUT2D eigenvalue weighted by Gasteiger charge is 2.21. The quantitative estimate of drug-likeness (QED) is 0.391. The van der Waals surface area contributed by atoms with Crippen molar-refractivity contribution in [3.05, 3.63) is 29.8 Å². The van der Waals surface area contributed by atoms with Gasteiger partial charge in [0.2, 0.25) is 17.7 Å². The highest BCUT2D eigenvalue weighted by atomic mass is 16.3. The smallest absolute Gasteiger partial charge is 0.240 e. The zero-order valence-corrected chi connectivity index (χ0v) is 16.0. The highest BCUT2D eigenvalue weighted by Crippen LogP contribution is 2.15. The number of amides is 3. The van der Waals surface area contributed by atoms with Crippen LogP contribution in [-0.2, 0) is 20.8 Å². The van der Waals surface area contributed by atoms with Crippen molar-refractivity contribution >= 4 is 17.7 Å². The number of benzene rings is 1. The number of carbonyl (C=O) groups is 3. The number of carbonyl (C=O) groups excluding carboxylic acids is 3. The van der Waals surface area contributed by atoms with Crippen molar-refractivity contribution in [1.82, 2.24) is 10.6 Å². The molecule has 1 atom stereocenters. The van der Waals surface area contributed by atoms with Gasteiger partial charge in [-0.3, -0.25) is 14.4 Å².